The molecule has 0 saturated heterocycles. The fraction of sp³-hybridized carbons (Fsp3) is 0.219. The Labute approximate surface area is 233 Å². The largest absolute Gasteiger partial charge is 0.497 e. The number of nitrogens with zero attached hydrogens (tertiary/aromatic N) is 1. The quantitative estimate of drug-likeness (QED) is 0.195. The molecule has 1 N–H and O–H groups in total. The molecule has 0 aliphatic rings. The molecule has 0 bridgehead atoms. The SMILES string of the molecule is COCCOc1ccc(C#N)c(-c2cc(C(CNCc3ccc(OC)cc3)c3ccccc3)ccc2Cl)c1F. The molecule has 4 rings (SSSR count). The van der Waals surface area contributed by atoms with Crippen molar-refractivity contribution in [3.8, 4) is 28.7 Å². The highest BCUT2D eigenvalue weighted by atomic mass is 35.5. The molecule has 0 aliphatic carbocycles. The highest BCUT2D eigenvalue weighted by molar-refractivity contribution is 6.33. The standard InChI is InChI=1S/C32H30ClFN2O3/c1-37-16-17-39-30-15-11-25(19-35)31(32(30)34)27-18-24(10-14-29(27)33)28(23-6-4-3-5-7-23)21-36-20-22-8-12-26(38-2)13-9-22/h3-15,18,28,36H,16-17,20-21H2,1-2H3. The number of benzene rings is 4. The summed E-state index contributed by atoms with van der Waals surface area (Å²) in [6.45, 7) is 1.79. The van der Waals surface area contributed by atoms with Gasteiger partial charge in [-0.3, -0.25) is 0 Å². The van der Waals surface area contributed by atoms with E-state index in [9.17, 15) is 5.26 Å². The van der Waals surface area contributed by atoms with E-state index in [4.69, 9.17) is 25.8 Å². The van der Waals surface area contributed by atoms with Gasteiger partial charge in [-0.05, 0) is 53.1 Å². The van der Waals surface area contributed by atoms with Gasteiger partial charge in [0.05, 0.1) is 25.3 Å². The van der Waals surface area contributed by atoms with Gasteiger partial charge in [-0.2, -0.15) is 5.26 Å². The molecule has 200 valence electrons. The predicted molar refractivity (Wildman–Crippen MR) is 152 cm³/mol. The number of methoxy groups -OCH3 is 2. The first-order valence-electron chi connectivity index (χ1n) is 12.6. The molecule has 4 aromatic carbocycles. The average molecular weight is 545 g/mol. The van der Waals surface area contributed by atoms with E-state index in [0.717, 1.165) is 22.4 Å². The summed E-state index contributed by atoms with van der Waals surface area (Å²) in [5, 5.41) is 13.7. The normalized spacial score (nSPS) is 11.6. The van der Waals surface area contributed by atoms with Crippen LogP contribution in [0.25, 0.3) is 11.1 Å². The van der Waals surface area contributed by atoms with Crippen molar-refractivity contribution in [1.29, 1.82) is 5.26 Å². The molecule has 0 amide bonds. The molecular weight excluding hydrogens is 515 g/mol. The van der Waals surface area contributed by atoms with Crippen molar-refractivity contribution < 1.29 is 18.6 Å². The maximum atomic E-state index is 15.7. The van der Waals surface area contributed by atoms with Crippen LogP contribution in [0.3, 0.4) is 0 Å². The molecule has 1 unspecified atom stereocenters. The fourth-order valence-corrected chi connectivity index (χ4v) is 4.64. The maximum Gasteiger partial charge on any atom is 0.174 e. The van der Waals surface area contributed by atoms with Gasteiger partial charge in [-0.1, -0.05) is 60.1 Å². The minimum Gasteiger partial charge on any atom is -0.497 e. The molecule has 0 aromatic heterocycles. The van der Waals surface area contributed by atoms with Crippen LogP contribution in [-0.2, 0) is 11.3 Å². The van der Waals surface area contributed by atoms with Crippen LogP contribution in [0.1, 0.15) is 28.2 Å². The number of rotatable bonds is 12. The molecule has 4 aromatic rings. The molecule has 0 saturated carbocycles. The zero-order valence-electron chi connectivity index (χ0n) is 21.9. The van der Waals surface area contributed by atoms with Crippen LogP contribution < -0.4 is 14.8 Å². The summed E-state index contributed by atoms with van der Waals surface area (Å²) in [4.78, 5) is 0. The lowest BCUT2D eigenvalue weighted by atomic mass is 9.88. The Morgan fingerprint density at radius 2 is 1.69 bits per heavy atom. The summed E-state index contributed by atoms with van der Waals surface area (Å²) >= 11 is 6.61. The number of hydrogen-bond acceptors (Lipinski definition) is 5. The predicted octanol–water partition coefficient (Wildman–Crippen LogP) is 6.97. The Kier molecular flexibility index (Phi) is 9.93. The van der Waals surface area contributed by atoms with Gasteiger partial charge in [0.15, 0.2) is 11.6 Å². The Balaban J connectivity index is 1.68. The molecule has 0 radical (unpaired) electrons. The van der Waals surface area contributed by atoms with Crippen molar-refractivity contribution in [3.63, 3.8) is 0 Å². The molecule has 39 heavy (non-hydrogen) atoms. The Hall–Kier alpha value is -3.89. The number of ether oxygens (including phenoxy) is 3. The van der Waals surface area contributed by atoms with Gasteiger partial charge in [-0.25, -0.2) is 4.39 Å². The lowest BCUT2D eigenvalue weighted by molar-refractivity contribution is 0.144. The van der Waals surface area contributed by atoms with Gasteiger partial charge in [0.2, 0.25) is 0 Å². The van der Waals surface area contributed by atoms with Crippen LogP contribution in [-0.4, -0.2) is 34.0 Å². The molecular formula is C32H30ClFN2O3. The molecule has 5 nitrogen and oxygen atoms in total. The van der Waals surface area contributed by atoms with E-state index in [-0.39, 0.29) is 29.4 Å². The van der Waals surface area contributed by atoms with Crippen molar-refractivity contribution in [1.82, 2.24) is 5.32 Å². The summed E-state index contributed by atoms with van der Waals surface area (Å²) in [7, 11) is 3.19. The van der Waals surface area contributed by atoms with E-state index in [2.05, 4.69) is 23.5 Å². The molecule has 1 atom stereocenters. The monoisotopic (exact) mass is 544 g/mol. The molecule has 0 aliphatic heterocycles. The Morgan fingerprint density at radius 1 is 0.923 bits per heavy atom. The lowest BCUT2D eigenvalue weighted by Crippen LogP contribution is -2.22. The number of hydrogen-bond donors (Lipinski definition) is 1. The molecule has 7 heteroatoms. The molecule has 0 fully saturated rings. The van der Waals surface area contributed by atoms with Crippen LogP contribution in [0.4, 0.5) is 4.39 Å². The summed E-state index contributed by atoms with van der Waals surface area (Å²) in [5.41, 5.74) is 3.92. The second kappa shape index (κ2) is 13.8. The third kappa shape index (κ3) is 6.96. The van der Waals surface area contributed by atoms with Crippen molar-refractivity contribution in [2.45, 2.75) is 12.5 Å². The van der Waals surface area contributed by atoms with Crippen LogP contribution in [0.2, 0.25) is 5.02 Å². The van der Waals surface area contributed by atoms with E-state index in [1.54, 1.807) is 26.4 Å². The van der Waals surface area contributed by atoms with Gasteiger partial charge >= 0.3 is 0 Å². The van der Waals surface area contributed by atoms with E-state index in [0.29, 0.717) is 30.3 Å². The minimum absolute atomic E-state index is 0.0447. The smallest absolute Gasteiger partial charge is 0.174 e. The Bertz CT molecular complexity index is 1420. The van der Waals surface area contributed by atoms with E-state index in [1.807, 2.05) is 54.6 Å². The van der Waals surface area contributed by atoms with Crippen molar-refractivity contribution in [2.75, 3.05) is 34.0 Å². The maximum absolute atomic E-state index is 15.7. The lowest BCUT2D eigenvalue weighted by Gasteiger charge is -2.21. The van der Waals surface area contributed by atoms with Crippen molar-refractivity contribution >= 4 is 11.6 Å². The van der Waals surface area contributed by atoms with E-state index >= 15 is 4.39 Å². The summed E-state index contributed by atoms with van der Waals surface area (Å²) < 4.78 is 31.5. The first-order valence-corrected chi connectivity index (χ1v) is 13.0. The van der Waals surface area contributed by atoms with Crippen LogP contribution in [0.5, 0.6) is 11.5 Å². The first kappa shape index (κ1) is 28.1. The van der Waals surface area contributed by atoms with Gasteiger partial charge in [0.1, 0.15) is 12.4 Å². The topological polar surface area (TPSA) is 63.5 Å². The second-order valence-electron chi connectivity index (χ2n) is 8.93. The minimum atomic E-state index is -0.627. The second-order valence-corrected chi connectivity index (χ2v) is 9.34. The Morgan fingerprint density at radius 3 is 2.38 bits per heavy atom. The summed E-state index contributed by atoms with van der Waals surface area (Å²) in [5.74, 6) is 0.184. The zero-order chi connectivity index (χ0) is 27.6. The van der Waals surface area contributed by atoms with Crippen LogP contribution in [0.15, 0.2) is 84.9 Å². The highest BCUT2D eigenvalue weighted by Gasteiger charge is 2.22. The highest BCUT2D eigenvalue weighted by Crippen LogP contribution is 2.39. The van der Waals surface area contributed by atoms with Crippen LogP contribution in [0, 0.1) is 17.1 Å². The number of nitriles is 1. The van der Waals surface area contributed by atoms with E-state index in [1.165, 1.54) is 6.07 Å². The molecule has 0 spiro atoms. The third-order valence-corrected chi connectivity index (χ3v) is 6.80. The van der Waals surface area contributed by atoms with Crippen molar-refractivity contribution in [3.05, 3.63) is 118 Å². The van der Waals surface area contributed by atoms with E-state index < -0.39 is 5.82 Å². The fourth-order valence-electron chi connectivity index (χ4n) is 4.43. The average Bonchev–Trinajstić information content (AvgIpc) is 2.97. The van der Waals surface area contributed by atoms with Gasteiger partial charge in [-0.15, -0.1) is 0 Å². The van der Waals surface area contributed by atoms with Gasteiger partial charge in [0.25, 0.3) is 0 Å². The number of nitrogens with one attached hydrogen (secondary N) is 1. The molecule has 0 heterocycles. The number of halogens is 2. The van der Waals surface area contributed by atoms with Crippen molar-refractivity contribution in [2.24, 2.45) is 0 Å². The summed E-state index contributed by atoms with van der Waals surface area (Å²) in [6, 6.07) is 28.7. The third-order valence-electron chi connectivity index (χ3n) is 6.47. The van der Waals surface area contributed by atoms with Gasteiger partial charge in [0, 0.05) is 42.3 Å². The zero-order valence-corrected chi connectivity index (χ0v) is 22.7. The van der Waals surface area contributed by atoms with Crippen LogP contribution >= 0.6 is 11.6 Å². The first-order chi connectivity index (χ1) is 19.0. The summed E-state index contributed by atoms with van der Waals surface area (Å²) in [6.07, 6.45) is 0. The van der Waals surface area contributed by atoms with Gasteiger partial charge < -0.3 is 19.5 Å².